The van der Waals surface area contributed by atoms with Gasteiger partial charge in [-0.05, 0) is 63.8 Å². The molecule has 26 heavy (non-hydrogen) atoms. The van der Waals surface area contributed by atoms with E-state index in [1.807, 2.05) is 12.1 Å². The van der Waals surface area contributed by atoms with E-state index < -0.39 is 0 Å². The van der Waals surface area contributed by atoms with Crippen LogP contribution in [0.25, 0.3) is 0 Å². The first kappa shape index (κ1) is 19.2. The zero-order chi connectivity index (χ0) is 18.6. The minimum atomic E-state index is -0.122. The summed E-state index contributed by atoms with van der Waals surface area (Å²) in [7, 11) is 1.68. The van der Waals surface area contributed by atoms with Gasteiger partial charge in [-0.2, -0.15) is 0 Å². The molecule has 2 atom stereocenters. The fourth-order valence-corrected chi connectivity index (χ4v) is 4.23. The zero-order valence-electron chi connectivity index (χ0n) is 16.3. The lowest BCUT2D eigenvalue weighted by Gasteiger charge is -2.42. The van der Waals surface area contributed by atoms with Gasteiger partial charge in [0.1, 0.15) is 5.75 Å². The van der Waals surface area contributed by atoms with E-state index in [1.54, 1.807) is 7.11 Å². The molecule has 1 amide bonds. The number of hydrogen-bond donors (Lipinski definition) is 1. The lowest BCUT2D eigenvalue weighted by Crippen LogP contribution is -2.49. The molecular weight excluding hydrogens is 328 g/mol. The van der Waals surface area contributed by atoms with Crippen molar-refractivity contribution in [3.05, 3.63) is 29.8 Å². The number of methoxy groups -OCH3 is 1. The molecule has 2 heterocycles. The van der Waals surface area contributed by atoms with E-state index in [4.69, 9.17) is 9.47 Å². The number of nitrogens with one attached hydrogen (secondary N) is 1. The van der Waals surface area contributed by atoms with Crippen molar-refractivity contribution < 1.29 is 14.3 Å². The number of nitrogens with zero attached hydrogens (tertiary/aromatic N) is 1. The molecule has 1 N–H and O–H groups in total. The highest BCUT2D eigenvalue weighted by Gasteiger charge is 2.40. The lowest BCUT2D eigenvalue weighted by molar-refractivity contribution is -0.138. The van der Waals surface area contributed by atoms with E-state index in [2.05, 4.69) is 36.2 Å². The summed E-state index contributed by atoms with van der Waals surface area (Å²) in [4.78, 5) is 14.6. The smallest absolute Gasteiger partial charge is 0.223 e. The van der Waals surface area contributed by atoms with Gasteiger partial charge in [0.2, 0.25) is 5.91 Å². The minimum Gasteiger partial charge on any atom is -0.497 e. The number of rotatable bonds is 7. The number of likely N-dealkylation sites (tertiary alicyclic amines) is 1. The van der Waals surface area contributed by atoms with E-state index in [0.717, 1.165) is 51.1 Å². The van der Waals surface area contributed by atoms with Crippen molar-refractivity contribution >= 4 is 5.91 Å². The summed E-state index contributed by atoms with van der Waals surface area (Å²) >= 11 is 0. The van der Waals surface area contributed by atoms with Gasteiger partial charge in [0.15, 0.2) is 0 Å². The maximum atomic E-state index is 12.5. The molecule has 0 spiro atoms. The minimum absolute atomic E-state index is 0.122. The molecule has 1 aromatic carbocycles. The van der Waals surface area contributed by atoms with Crippen LogP contribution in [0, 0.1) is 0 Å². The molecule has 0 bridgehead atoms. The molecule has 2 fully saturated rings. The highest BCUT2D eigenvalue weighted by atomic mass is 16.5. The molecule has 2 aliphatic rings. The molecule has 5 nitrogen and oxygen atoms in total. The fourth-order valence-electron chi connectivity index (χ4n) is 4.23. The normalized spacial score (nSPS) is 25.5. The number of carbonyl (C=O) groups excluding carboxylic acids is 1. The molecule has 1 aromatic rings. The van der Waals surface area contributed by atoms with Gasteiger partial charge >= 0.3 is 0 Å². The van der Waals surface area contributed by atoms with Crippen molar-refractivity contribution in [2.45, 2.75) is 70.2 Å². The Morgan fingerprint density at radius 3 is 2.73 bits per heavy atom. The molecule has 5 heteroatoms. The third-order valence-electron chi connectivity index (χ3n) is 5.58. The first-order valence-corrected chi connectivity index (χ1v) is 9.77. The maximum Gasteiger partial charge on any atom is 0.223 e. The van der Waals surface area contributed by atoms with Crippen molar-refractivity contribution in [1.82, 2.24) is 10.2 Å². The van der Waals surface area contributed by atoms with Crippen LogP contribution in [0.1, 0.15) is 51.5 Å². The summed E-state index contributed by atoms with van der Waals surface area (Å²) in [5, 5.41) is 3.52. The number of hydrogen-bond acceptors (Lipinski definition) is 4. The molecule has 0 saturated carbocycles. The van der Waals surface area contributed by atoms with Gasteiger partial charge < -0.3 is 19.7 Å². The van der Waals surface area contributed by atoms with Gasteiger partial charge in [-0.1, -0.05) is 12.1 Å². The van der Waals surface area contributed by atoms with E-state index in [9.17, 15) is 4.79 Å². The molecule has 2 saturated heterocycles. The maximum absolute atomic E-state index is 12.5. The monoisotopic (exact) mass is 360 g/mol. The number of benzene rings is 1. The molecule has 3 rings (SSSR count). The standard InChI is InChI=1S/C21H32N2O3/c1-21(2)14-18(11-13-26-21)23-17(6-9-20(23)24)10-12-22-15-16-4-7-19(25-3)8-5-16/h4-5,7-8,17-18,22H,6,9-15H2,1-3H3. The Bertz CT molecular complexity index is 600. The Labute approximate surface area is 157 Å². The second-order valence-electron chi connectivity index (χ2n) is 8.06. The summed E-state index contributed by atoms with van der Waals surface area (Å²) in [5.41, 5.74) is 1.12. The highest BCUT2D eigenvalue weighted by Crippen LogP contribution is 2.33. The number of amides is 1. The second-order valence-corrected chi connectivity index (χ2v) is 8.06. The molecule has 0 aliphatic carbocycles. The summed E-state index contributed by atoms with van der Waals surface area (Å²) < 4.78 is 11.0. The zero-order valence-corrected chi connectivity index (χ0v) is 16.3. The number of carbonyl (C=O) groups is 1. The molecular formula is C21H32N2O3. The van der Waals surface area contributed by atoms with Crippen LogP contribution in [-0.2, 0) is 16.1 Å². The topological polar surface area (TPSA) is 50.8 Å². The van der Waals surface area contributed by atoms with Crippen LogP contribution in [-0.4, -0.2) is 48.8 Å². The van der Waals surface area contributed by atoms with Crippen LogP contribution >= 0.6 is 0 Å². The lowest BCUT2D eigenvalue weighted by atomic mass is 9.92. The van der Waals surface area contributed by atoms with E-state index in [1.165, 1.54) is 5.56 Å². The van der Waals surface area contributed by atoms with Crippen molar-refractivity contribution in [2.75, 3.05) is 20.3 Å². The third-order valence-corrected chi connectivity index (χ3v) is 5.58. The predicted molar refractivity (Wildman–Crippen MR) is 102 cm³/mol. The van der Waals surface area contributed by atoms with E-state index in [0.29, 0.717) is 24.4 Å². The van der Waals surface area contributed by atoms with Crippen LogP contribution in [0.2, 0.25) is 0 Å². The van der Waals surface area contributed by atoms with Gasteiger partial charge in [-0.15, -0.1) is 0 Å². The van der Waals surface area contributed by atoms with Crippen LogP contribution in [0.15, 0.2) is 24.3 Å². The van der Waals surface area contributed by atoms with Crippen molar-refractivity contribution in [3.8, 4) is 5.75 Å². The summed E-state index contributed by atoms with van der Waals surface area (Å²) in [5.74, 6) is 1.21. The Kier molecular flexibility index (Phi) is 6.20. The molecule has 2 aliphatic heterocycles. The predicted octanol–water partition coefficient (Wildman–Crippen LogP) is 3.12. The fraction of sp³-hybridized carbons (Fsp3) is 0.667. The van der Waals surface area contributed by atoms with Crippen LogP contribution in [0.3, 0.4) is 0 Å². The van der Waals surface area contributed by atoms with E-state index in [-0.39, 0.29) is 5.60 Å². The average molecular weight is 360 g/mol. The number of ether oxygens (including phenoxy) is 2. The molecule has 0 aromatic heterocycles. The Balaban J connectivity index is 1.47. The van der Waals surface area contributed by atoms with Crippen molar-refractivity contribution in [2.24, 2.45) is 0 Å². The van der Waals surface area contributed by atoms with Gasteiger partial charge in [0, 0.05) is 31.7 Å². The van der Waals surface area contributed by atoms with Crippen LogP contribution in [0.5, 0.6) is 5.75 Å². The molecule has 144 valence electrons. The van der Waals surface area contributed by atoms with Gasteiger partial charge in [0.25, 0.3) is 0 Å². The second kappa shape index (κ2) is 8.40. The van der Waals surface area contributed by atoms with Crippen molar-refractivity contribution in [3.63, 3.8) is 0 Å². The first-order chi connectivity index (χ1) is 12.5. The van der Waals surface area contributed by atoms with Gasteiger partial charge in [-0.25, -0.2) is 0 Å². The quantitative estimate of drug-likeness (QED) is 0.759. The van der Waals surface area contributed by atoms with E-state index >= 15 is 0 Å². The average Bonchev–Trinajstić information content (AvgIpc) is 2.99. The summed E-state index contributed by atoms with van der Waals surface area (Å²) in [6.07, 6.45) is 4.60. The van der Waals surface area contributed by atoms with Crippen molar-refractivity contribution in [1.29, 1.82) is 0 Å². The highest BCUT2D eigenvalue weighted by molar-refractivity contribution is 5.79. The SMILES string of the molecule is COc1ccc(CNCCC2CCC(=O)N2C2CCOC(C)(C)C2)cc1. The van der Waals surface area contributed by atoms with Gasteiger partial charge in [-0.3, -0.25) is 4.79 Å². The van der Waals surface area contributed by atoms with Crippen LogP contribution in [0.4, 0.5) is 0 Å². The largest absolute Gasteiger partial charge is 0.497 e. The summed E-state index contributed by atoms with van der Waals surface area (Å²) in [6.45, 7) is 6.78. The first-order valence-electron chi connectivity index (χ1n) is 9.77. The molecule has 2 unspecified atom stereocenters. The summed E-state index contributed by atoms with van der Waals surface area (Å²) in [6, 6.07) is 8.84. The third kappa shape index (κ3) is 4.77. The Morgan fingerprint density at radius 1 is 1.27 bits per heavy atom. The molecule has 0 radical (unpaired) electrons. The Hall–Kier alpha value is -1.59. The van der Waals surface area contributed by atoms with Crippen LogP contribution < -0.4 is 10.1 Å². The Morgan fingerprint density at radius 2 is 2.04 bits per heavy atom. The van der Waals surface area contributed by atoms with Gasteiger partial charge in [0.05, 0.1) is 12.7 Å².